The molecule has 5 rings (SSSR count). The van der Waals surface area contributed by atoms with Crippen molar-refractivity contribution in [3.05, 3.63) is 82.1 Å². The van der Waals surface area contributed by atoms with E-state index in [-0.39, 0.29) is 17.9 Å². The maximum Gasteiger partial charge on any atom is 0.278 e. The molecule has 0 saturated carbocycles. The number of likely N-dealkylation sites (tertiary alicyclic amines) is 1. The van der Waals surface area contributed by atoms with Gasteiger partial charge in [-0.1, -0.05) is 41.9 Å². The van der Waals surface area contributed by atoms with E-state index in [1.165, 1.54) is 5.56 Å². The van der Waals surface area contributed by atoms with Crippen molar-refractivity contribution in [2.24, 2.45) is 0 Å². The molecule has 1 unspecified atom stereocenters. The molecule has 0 bridgehead atoms. The summed E-state index contributed by atoms with van der Waals surface area (Å²) >= 11 is 6.27. The Hall–Kier alpha value is -3.12. The summed E-state index contributed by atoms with van der Waals surface area (Å²) in [4.78, 5) is 30.0. The van der Waals surface area contributed by atoms with Crippen molar-refractivity contribution < 1.29 is 9.59 Å². The average molecular weight is 435 g/mol. The first kappa shape index (κ1) is 19.8. The van der Waals surface area contributed by atoms with E-state index in [1.54, 1.807) is 23.1 Å². The molecule has 7 heteroatoms. The minimum absolute atomic E-state index is 0.0914. The third-order valence-electron chi connectivity index (χ3n) is 6.18. The van der Waals surface area contributed by atoms with Gasteiger partial charge in [0.15, 0.2) is 5.69 Å². The van der Waals surface area contributed by atoms with Gasteiger partial charge < -0.3 is 9.80 Å². The fraction of sp³-hybridized carbons (Fsp3) is 0.292. The predicted molar refractivity (Wildman–Crippen MR) is 119 cm³/mol. The minimum atomic E-state index is -0.155. The highest BCUT2D eigenvalue weighted by atomic mass is 35.5. The number of piperidine rings is 1. The number of carbonyl (C=O) groups is 2. The maximum absolute atomic E-state index is 13.2. The molecular weight excluding hydrogens is 412 g/mol. The van der Waals surface area contributed by atoms with Crippen LogP contribution in [0.25, 0.3) is 0 Å². The predicted octanol–water partition coefficient (Wildman–Crippen LogP) is 4.63. The number of nitrogens with one attached hydrogen (secondary N) is 1. The molecule has 3 aromatic rings. The molecule has 1 N–H and O–H groups in total. The number of fused-ring (bicyclic) bond motifs is 1. The number of aromatic nitrogens is 2. The van der Waals surface area contributed by atoms with Crippen molar-refractivity contribution in [2.45, 2.75) is 31.7 Å². The molecule has 31 heavy (non-hydrogen) atoms. The molecule has 1 saturated heterocycles. The maximum atomic E-state index is 13.2. The van der Waals surface area contributed by atoms with Gasteiger partial charge in [-0.05, 0) is 55.5 Å². The summed E-state index contributed by atoms with van der Waals surface area (Å²) in [6.45, 7) is 1.30. The topological polar surface area (TPSA) is 69.3 Å². The third-order valence-corrected chi connectivity index (χ3v) is 6.51. The van der Waals surface area contributed by atoms with E-state index < -0.39 is 0 Å². The fourth-order valence-corrected chi connectivity index (χ4v) is 4.81. The van der Waals surface area contributed by atoms with Crippen LogP contribution in [-0.4, -0.2) is 40.0 Å². The first-order chi connectivity index (χ1) is 15.1. The van der Waals surface area contributed by atoms with E-state index >= 15 is 0 Å². The molecule has 6 nitrogen and oxygen atoms in total. The van der Waals surface area contributed by atoms with E-state index in [4.69, 9.17) is 11.6 Å². The summed E-state index contributed by atoms with van der Waals surface area (Å²) in [5.41, 5.74) is 3.79. The second kappa shape index (κ2) is 8.19. The van der Waals surface area contributed by atoms with Crippen molar-refractivity contribution in [1.82, 2.24) is 15.1 Å². The molecule has 0 aliphatic carbocycles. The molecule has 0 radical (unpaired) electrons. The molecule has 2 amide bonds. The number of H-pyrrole nitrogens is 1. The summed E-state index contributed by atoms with van der Waals surface area (Å²) in [5, 5.41) is 7.79. The molecule has 1 fully saturated rings. The van der Waals surface area contributed by atoms with Gasteiger partial charge in [0.25, 0.3) is 11.8 Å². The van der Waals surface area contributed by atoms with Crippen LogP contribution in [0.1, 0.15) is 57.4 Å². The Balaban J connectivity index is 1.40. The number of amides is 2. The zero-order valence-corrected chi connectivity index (χ0v) is 17.8. The molecule has 2 aliphatic heterocycles. The Kier molecular flexibility index (Phi) is 5.24. The number of rotatable bonds is 3. The largest absolute Gasteiger partial charge is 0.330 e. The van der Waals surface area contributed by atoms with Crippen molar-refractivity contribution >= 4 is 29.1 Å². The monoisotopic (exact) mass is 434 g/mol. The quantitative estimate of drug-likeness (QED) is 0.653. The zero-order chi connectivity index (χ0) is 21.4. The van der Waals surface area contributed by atoms with Gasteiger partial charge in [-0.25, -0.2) is 0 Å². The molecule has 2 aliphatic rings. The summed E-state index contributed by atoms with van der Waals surface area (Å²) in [6.07, 6.45) is 3.62. The number of halogens is 1. The first-order valence-corrected chi connectivity index (χ1v) is 11.0. The molecule has 1 aromatic heterocycles. The normalized spacial score (nSPS) is 18.2. The number of aromatic amines is 1. The van der Waals surface area contributed by atoms with E-state index in [0.29, 0.717) is 29.4 Å². The SMILES string of the molecule is O=C(c1cc(C2CCCCN2C(=O)c2ccccc2Cl)[nH]n1)N1CCc2ccccc21. The number of nitrogens with zero attached hydrogens (tertiary/aromatic N) is 3. The van der Waals surface area contributed by atoms with Crippen LogP contribution in [0, 0.1) is 0 Å². The van der Waals surface area contributed by atoms with Crippen molar-refractivity contribution in [1.29, 1.82) is 0 Å². The van der Waals surface area contributed by atoms with Gasteiger partial charge in [0.2, 0.25) is 0 Å². The van der Waals surface area contributed by atoms with Gasteiger partial charge in [-0.15, -0.1) is 0 Å². The van der Waals surface area contributed by atoms with Crippen LogP contribution in [0.3, 0.4) is 0 Å². The van der Waals surface area contributed by atoms with Crippen LogP contribution in [0.4, 0.5) is 5.69 Å². The smallest absolute Gasteiger partial charge is 0.278 e. The van der Waals surface area contributed by atoms with Crippen molar-refractivity contribution in [3.8, 4) is 0 Å². The molecule has 1 atom stereocenters. The summed E-state index contributed by atoms with van der Waals surface area (Å²) in [7, 11) is 0. The van der Waals surface area contributed by atoms with E-state index in [1.807, 2.05) is 35.2 Å². The van der Waals surface area contributed by atoms with Crippen LogP contribution in [-0.2, 0) is 6.42 Å². The zero-order valence-electron chi connectivity index (χ0n) is 17.1. The standard InChI is InChI=1S/C24H23ClN4O2/c25-18-9-3-2-8-17(18)23(30)28-13-6-5-11-22(28)19-15-20(27-26-19)24(31)29-14-12-16-7-1-4-10-21(16)29/h1-4,7-10,15,22H,5-6,11-14H2,(H,26,27). The molecule has 158 valence electrons. The first-order valence-electron chi connectivity index (χ1n) is 10.6. The number of carbonyl (C=O) groups excluding carboxylic acids is 2. The van der Waals surface area contributed by atoms with Gasteiger partial charge >= 0.3 is 0 Å². The number of para-hydroxylation sites is 1. The lowest BCUT2D eigenvalue weighted by Gasteiger charge is -2.35. The van der Waals surface area contributed by atoms with E-state index in [0.717, 1.165) is 37.1 Å². The third kappa shape index (κ3) is 3.61. The Morgan fingerprint density at radius 3 is 2.68 bits per heavy atom. The average Bonchev–Trinajstić information content (AvgIpc) is 3.46. The summed E-state index contributed by atoms with van der Waals surface area (Å²) in [6, 6.07) is 16.7. The minimum Gasteiger partial charge on any atom is -0.330 e. The van der Waals surface area contributed by atoms with Crippen molar-refractivity contribution in [3.63, 3.8) is 0 Å². The van der Waals surface area contributed by atoms with Crippen LogP contribution in [0.2, 0.25) is 5.02 Å². The number of hydrogen-bond donors (Lipinski definition) is 1. The van der Waals surface area contributed by atoms with E-state index in [2.05, 4.69) is 16.3 Å². The van der Waals surface area contributed by atoms with Crippen molar-refractivity contribution in [2.75, 3.05) is 18.0 Å². The van der Waals surface area contributed by atoms with Gasteiger partial charge in [-0.2, -0.15) is 5.10 Å². The highest BCUT2D eigenvalue weighted by Gasteiger charge is 2.32. The molecule has 3 heterocycles. The van der Waals surface area contributed by atoms with Gasteiger partial charge in [0.1, 0.15) is 0 Å². The van der Waals surface area contributed by atoms with Crippen LogP contribution >= 0.6 is 11.6 Å². The molecule has 0 spiro atoms. The molecule has 2 aromatic carbocycles. The highest BCUT2D eigenvalue weighted by Crippen LogP contribution is 2.33. The Labute approximate surface area is 185 Å². The van der Waals surface area contributed by atoms with Gasteiger partial charge in [0, 0.05) is 18.8 Å². The van der Waals surface area contributed by atoms with Crippen LogP contribution < -0.4 is 4.90 Å². The second-order valence-electron chi connectivity index (χ2n) is 8.03. The van der Waals surface area contributed by atoms with Crippen LogP contribution in [0.15, 0.2) is 54.6 Å². The van der Waals surface area contributed by atoms with E-state index in [9.17, 15) is 9.59 Å². The summed E-state index contributed by atoms with van der Waals surface area (Å²) in [5.74, 6) is -0.210. The Morgan fingerprint density at radius 1 is 1.00 bits per heavy atom. The second-order valence-corrected chi connectivity index (χ2v) is 8.44. The van der Waals surface area contributed by atoms with Gasteiger partial charge in [-0.3, -0.25) is 14.7 Å². The Bertz CT molecular complexity index is 1140. The number of benzene rings is 2. The lowest BCUT2D eigenvalue weighted by molar-refractivity contribution is 0.0606. The lowest BCUT2D eigenvalue weighted by atomic mass is 9.98. The lowest BCUT2D eigenvalue weighted by Crippen LogP contribution is -2.38. The fourth-order valence-electron chi connectivity index (χ4n) is 4.59. The van der Waals surface area contributed by atoms with Gasteiger partial charge in [0.05, 0.1) is 22.3 Å². The number of hydrogen-bond acceptors (Lipinski definition) is 3. The Morgan fingerprint density at radius 2 is 1.81 bits per heavy atom. The summed E-state index contributed by atoms with van der Waals surface area (Å²) < 4.78 is 0. The highest BCUT2D eigenvalue weighted by molar-refractivity contribution is 6.33. The molecular formula is C24H23ClN4O2. The number of anilines is 1. The van der Waals surface area contributed by atoms with Crippen LogP contribution in [0.5, 0.6) is 0 Å².